The van der Waals surface area contributed by atoms with E-state index in [2.05, 4.69) is 9.97 Å². The van der Waals surface area contributed by atoms with E-state index in [4.69, 9.17) is 5.11 Å². The van der Waals surface area contributed by atoms with E-state index < -0.39 is 17.3 Å². The predicted molar refractivity (Wildman–Crippen MR) is 54.4 cm³/mol. The third-order valence-electron chi connectivity index (χ3n) is 2.04. The van der Waals surface area contributed by atoms with E-state index in [1.54, 1.807) is 18.3 Å². The second kappa shape index (κ2) is 4.06. The molecule has 0 bridgehead atoms. The van der Waals surface area contributed by atoms with Crippen LogP contribution in [0.25, 0.3) is 11.3 Å². The highest BCUT2D eigenvalue weighted by Gasteiger charge is 2.12. The average molecular weight is 218 g/mol. The fraction of sp³-hybridized carbons (Fsp3) is 0. The number of rotatable bonds is 2. The van der Waals surface area contributed by atoms with E-state index >= 15 is 0 Å². The van der Waals surface area contributed by atoms with Gasteiger partial charge in [-0.25, -0.2) is 9.18 Å². The Morgan fingerprint density at radius 2 is 2.19 bits per heavy atom. The van der Waals surface area contributed by atoms with Gasteiger partial charge in [-0.1, -0.05) is 0 Å². The van der Waals surface area contributed by atoms with Gasteiger partial charge in [0.05, 0.1) is 17.5 Å². The van der Waals surface area contributed by atoms with Crippen molar-refractivity contribution in [2.75, 3.05) is 0 Å². The Balaban J connectivity index is 2.52. The number of aromatic nitrogens is 2. The molecule has 16 heavy (non-hydrogen) atoms. The Hall–Kier alpha value is -2.30. The summed E-state index contributed by atoms with van der Waals surface area (Å²) in [7, 11) is 0. The molecule has 4 nitrogen and oxygen atoms in total. The molecule has 0 aliphatic carbocycles. The summed E-state index contributed by atoms with van der Waals surface area (Å²) >= 11 is 0. The molecule has 2 aromatic heterocycles. The number of hydrogen-bond donors (Lipinski definition) is 1. The quantitative estimate of drug-likeness (QED) is 0.837. The van der Waals surface area contributed by atoms with Crippen LogP contribution in [0.4, 0.5) is 4.39 Å². The molecule has 0 aliphatic rings. The first-order valence-electron chi connectivity index (χ1n) is 4.47. The van der Waals surface area contributed by atoms with Crippen LogP contribution in [-0.2, 0) is 0 Å². The lowest BCUT2D eigenvalue weighted by molar-refractivity contribution is 0.0691. The van der Waals surface area contributed by atoms with Crippen LogP contribution < -0.4 is 0 Å². The minimum atomic E-state index is -1.31. The van der Waals surface area contributed by atoms with Gasteiger partial charge < -0.3 is 5.11 Å². The Kier molecular flexibility index (Phi) is 2.59. The summed E-state index contributed by atoms with van der Waals surface area (Å²) in [6.07, 6.45) is 4.02. The number of nitrogens with zero attached hydrogens (tertiary/aromatic N) is 2. The summed E-state index contributed by atoms with van der Waals surface area (Å²) in [5, 5.41) is 8.75. The second-order valence-corrected chi connectivity index (χ2v) is 3.10. The van der Waals surface area contributed by atoms with E-state index in [1.165, 1.54) is 12.3 Å². The van der Waals surface area contributed by atoms with Crippen LogP contribution >= 0.6 is 0 Å². The molecule has 2 rings (SSSR count). The molecule has 0 atom stereocenters. The number of halogens is 1. The molecule has 0 aromatic carbocycles. The molecule has 0 radical (unpaired) electrons. The number of aromatic carboxylic acids is 1. The van der Waals surface area contributed by atoms with E-state index in [9.17, 15) is 9.18 Å². The van der Waals surface area contributed by atoms with Crippen molar-refractivity contribution < 1.29 is 14.3 Å². The fourth-order valence-electron chi connectivity index (χ4n) is 1.27. The molecule has 0 spiro atoms. The maximum Gasteiger partial charge on any atom is 0.338 e. The lowest BCUT2D eigenvalue weighted by Crippen LogP contribution is -2.02. The Morgan fingerprint density at radius 1 is 1.38 bits per heavy atom. The minimum Gasteiger partial charge on any atom is -0.478 e. The van der Waals surface area contributed by atoms with Crippen molar-refractivity contribution in [1.82, 2.24) is 9.97 Å². The van der Waals surface area contributed by atoms with E-state index in [1.807, 2.05) is 0 Å². The van der Waals surface area contributed by atoms with Gasteiger partial charge in [-0.3, -0.25) is 9.97 Å². The fourth-order valence-corrected chi connectivity index (χ4v) is 1.27. The Bertz CT molecular complexity index is 529. The first-order chi connectivity index (χ1) is 7.68. The maximum absolute atomic E-state index is 13.1. The molecule has 2 aromatic rings. The van der Waals surface area contributed by atoms with Crippen LogP contribution in [-0.4, -0.2) is 21.0 Å². The molecule has 1 N–H and O–H groups in total. The summed E-state index contributed by atoms with van der Waals surface area (Å²) in [6, 6.07) is 4.61. The molecule has 0 fully saturated rings. The van der Waals surface area contributed by atoms with Gasteiger partial charge in [0.2, 0.25) is 0 Å². The standard InChI is InChI=1S/C11H7FN2O2/c12-9-6-14-10(4-8(9)11(15)16)7-2-1-3-13-5-7/h1-6H,(H,15,16). The van der Waals surface area contributed by atoms with Crippen molar-refractivity contribution in [2.45, 2.75) is 0 Å². The molecule has 80 valence electrons. The molecule has 0 saturated carbocycles. The smallest absolute Gasteiger partial charge is 0.338 e. The number of carboxylic acids is 1. The monoisotopic (exact) mass is 218 g/mol. The zero-order chi connectivity index (χ0) is 11.5. The van der Waals surface area contributed by atoms with Gasteiger partial charge in [-0.15, -0.1) is 0 Å². The van der Waals surface area contributed by atoms with Gasteiger partial charge >= 0.3 is 5.97 Å². The summed E-state index contributed by atoms with van der Waals surface area (Å²) in [5.41, 5.74) is 0.630. The highest BCUT2D eigenvalue weighted by atomic mass is 19.1. The zero-order valence-corrected chi connectivity index (χ0v) is 8.09. The predicted octanol–water partition coefficient (Wildman–Crippen LogP) is 1.98. The summed E-state index contributed by atoms with van der Waals surface area (Å²) < 4.78 is 13.1. The van der Waals surface area contributed by atoms with Crippen molar-refractivity contribution in [3.05, 3.63) is 48.2 Å². The largest absolute Gasteiger partial charge is 0.478 e. The molecule has 0 unspecified atom stereocenters. The van der Waals surface area contributed by atoms with Crippen LogP contribution in [0.5, 0.6) is 0 Å². The van der Waals surface area contributed by atoms with Gasteiger partial charge in [0.1, 0.15) is 0 Å². The molecular weight excluding hydrogens is 211 g/mol. The van der Waals surface area contributed by atoms with Gasteiger partial charge in [-0.05, 0) is 18.2 Å². The van der Waals surface area contributed by atoms with Crippen LogP contribution in [0, 0.1) is 5.82 Å². The molecule has 5 heteroatoms. The maximum atomic E-state index is 13.1. The Labute approximate surface area is 90.4 Å². The number of carboxylic acid groups (broad SMARTS) is 1. The number of pyridine rings is 2. The first-order valence-corrected chi connectivity index (χ1v) is 4.47. The van der Waals surface area contributed by atoms with Crippen molar-refractivity contribution >= 4 is 5.97 Å². The molecule has 0 saturated heterocycles. The summed E-state index contributed by atoms with van der Waals surface area (Å²) in [5.74, 6) is -2.16. The van der Waals surface area contributed by atoms with Gasteiger partial charge in [0, 0.05) is 18.0 Å². The third kappa shape index (κ3) is 1.88. The number of hydrogen-bond acceptors (Lipinski definition) is 3. The highest BCUT2D eigenvalue weighted by molar-refractivity contribution is 5.89. The second-order valence-electron chi connectivity index (χ2n) is 3.10. The van der Waals surface area contributed by atoms with Crippen LogP contribution in [0.3, 0.4) is 0 Å². The van der Waals surface area contributed by atoms with E-state index in [0.29, 0.717) is 11.3 Å². The van der Waals surface area contributed by atoms with Gasteiger partial charge in [0.25, 0.3) is 0 Å². The van der Waals surface area contributed by atoms with Crippen LogP contribution in [0.1, 0.15) is 10.4 Å². The van der Waals surface area contributed by atoms with E-state index in [0.717, 1.165) is 6.20 Å². The highest BCUT2D eigenvalue weighted by Crippen LogP contribution is 2.18. The van der Waals surface area contributed by atoms with Crippen molar-refractivity contribution in [3.8, 4) is 11.3 Å². The van der Waals surface area contributed by atoms with Crippen molar-refractivity contribution in [2.24, 2.45) is 0 Å². The SMILES string of the molecule is O=C(O)c1cc(-c2cccnc2)ncc1F. The molecular formula is C11H7FN2O2. The average Bonchev–Trinajstić information content (AvgIpc) is 2.30. The summed E-state index contributed by atoms with van der Waals surface area (Å²) in [4.78, 5) is 18.4. The molecule has 2 heterocycles. The normalized spacial score (nSPS) is 10.1. The van der Waals surface area contributed by atoms with Gasteiger partial charge in [0.15, 0.2) is 5.82 Å². The minimum absolute atomic E-state index is 0.381. The lowest BCUT2D eigenvalue weighted by Gasteiger charge is -2.02. The van der Waals surface area contributed by atoms with E-state index in [-0.39, 0.29) is 0 Å². The first kappa shape index (κ1) is 10.2. The van der Waals surface area contributed by atoms with Crippen LogP contribution in [0.15, 0.2) is 36.8 Å². The zero-order valence-electron chi connectivity index (χ0n) is 8.09. The Morgan fingerprint density at radius 3 is 2.81 bits per heavy atom. The topological polar surface area (TPSA) is 63.1 Å². The summed E-state index contributed by atoms with van der Waals surface area (Å²) in [6.45, 7) is 0. The molecule has 0 aliphatic heterocycles. The third-order valence-corrected chi connectivity index (χ3v) is 2.04. The van der Waals surface area contributed by atoms with Crippen molar-refractivity contribution in [1.29, 1.82) is 0 Å². The lowest BCUT2D eigenvalue weighted by atomic mass is 10.1. The molecule has 0 amide bonds. The van der Waals surface area contributed by atoms with Crippen LogP contribution in [0.2, 0.25) is 0 Å². The van der Waals surface area contributed by atoms with Crippen molar-refractivity contribution in [3.63, 3.8) is 0 Å². The number of carbonyl (C=O) groups is 1. The van der Waals surface area contributed by atoms with Gasteiger partial charge in [-0.2, -0.15) is 0 Å².